The van der Waals surface area contributed by atoms with Gasteiger partial charge < -0.3 is 19.8 Å². The predicted molar refractivity (Wildman–Crippen MR) is 79.0 cm³/mol. The number of nitrogens with one attached hydrogen (secondary N) is 2. The number of aromatic nitrogens is 1. The van der Waals surface area contributed by atoms with E-state index in [4.69, 9.17) is 9.47 Å². The highest BCUT2D eigenvalue weighted by atomic mass is 16.5. The number of hydrogen-bond donors (Lipinski definition) is 2. The molecule has 0 bridgehead atoms. The van der Waals surface area contributed by atoms with E-state index in [1.165, 1.54) is 25.4 Å². The summed E-state index contributed by atoms with van der Waals surface area (Å²) >= 11 is 0. The first-order valence-electron chi connectivity index (χ1n) is 6.39. The van der Waals surface area contributed by atoms with E-state index >= 15 is 0 Å². The lowest BCUT2D eigenvalue weighted by atomic mass is 10.3. The summed E-state index contributed by atoms with van der Waals surface area (Å²) in [6.07, 6.45) is 1.40. The molecule has 0 aliphatic rings. The van der Waals surface area contributed by atoms with E-state index in [2.05, 4.69) is 10.3 Å². The van der Waals surface area contributed by atoms with Crippen LogP contribution in [0, 0.1) is 0 Å². The monoisotopic (exact) mass is 302 g/mol. The lowest BCUT2D eigenvalue weighted by Gasteiger charge is -2.07. The molecule has 0 saturated heterocycles. The number of aromatic amines is 1. The quantitative estimate of drug-likeness (QED) is 0.808. The Bertz CT molecular complexity index is 738. The molecule has 0 atom stereocenters. The molecule has 1 aromatic heterocycles. The van der Waals surface area contributed by atoms with Crippen molar-refractivity contribution in [3.63, 3.8) is 0 Å². The van der Waals surface area contributed by atoms with Gasteiger partial charge in [-0.1, -0.05) is 6.07 Å². The average molecular weight is 302 g/mol. The Morgan fingerprint density at radius 3 is 2.77 bits per heavy atom. The van der Waals surface area contributed by atoms with Crippen molar-refractivity contribution in [2.45, 2.75) is 0 Å². The minimum absolute atomic E-state index is 0.156. The zero-order chi connectivity index (χ0) is 15.9. The molecule has 0 unspecified atom stereocenters. The van der Waals surface area contributed by atoms with Crippen LogP contribution in [0.2, 0.25) is 0 Å². The Kier molecular flexibility index (Phi) is 4.92. The summed E-state index contributed by atoms with van der Waals surface area (Å²) in [5.74, 6) is -0.790. The molecular weight excluding hydrogens is 288 g/mol. The fourth-order valence-electron chi connectivity index (χ4n) is 1.69. The first-order chi connectivity index (χ1) is 10.6. The van der Waals surface area contributed by atoms with Gasteiger partial charge in [-0.05, 0) is 24.3 Å². The standard InChI is InChI=1S/C15H14N2O5/c1-21-11-5-2-4-10(8-11)17-13(18)9-22-15(20)12-6-3-7-16-14(12)19/h2-8H,9H2,1H3,(H,16,19)(H,17,18). The number of carbonyl (C=O) groups excluding carboxylic acids is 2. The maximum absolute atomic E-state index is 11.7. The van der Waals surface area contributed by atoms with Gasteiger partial charge in [0.25, 0.3) is 11.5 Å². The maximum Gasteiger partial charge on any atom is 0.344 e. The van der Waals surface area contributed by atoms with Gasteiger partial charge in [0.1, 0.15) is 11.3 Å². The van der Waals surface area contributed by atoms with Gasteiger partial charge in [0, 0.05) is 18.0 Å². The van der Waals surface area contributed by atoms with Crippen molar-refractivity contribution in [3.05, 3.63) is 58.5 Å². The number of benzene rings is 1. The van der Waals surface area contributed by atoms with Gasteiger partial charge in [-0.2, -0.15) is 0 Å². The number of methoxy groups -OCH3 is 1. The fourth-order valence-corrected chi connectivity index (χ4v) is 1.69. The normalized spacial score (nSPS) is 9.86. The largest absolute Gasteiger partial charge is 0.497 e. The molecule has 0 radical (unpaired) electrons. The summed E-state index contributed by atoms with van der Waals surface area (Å²) < 4.78 is 9.83. The summed E-state index contributed by atoms with van der Waals surface area (Å²) in [6.45, 7) is -0.496. The highest BCUT2D eigenvalue weighted by Gasteiger charge is 2.13. The Labute approximate surface area is 125 Å². The highest BCUT2D eigenvalue weighted by Crippen LogP contribution is 2.16. The van der Waals surface area contributed by atoms with Gasteiger partial charge >= 0.3 is 5.97 Å². The first-order valence-corrected chi connectivity index (χ1v) is 6.39. The molecule has 2 aromatic rings. The third kappa shape index (κ3) is 3.95. The minimum atomic E-state index is -0.859. The van der Waals surface area contributed by atoms with Crippen LogP contribution in [0.15, 0.2) is 47.4 Å². The molecule has 114 valence electrons. The summed E-state index contributed by atoms with van der Waals surface area (Å²) in [5, 5.41) is 2.56. The number of ether oxygens (including phenoxy) is 2. The van der Waals surface area contributed by atoms with Gasteiger partial charge in [0.2, 0.25) is 0 Å². The fraction of sp³-hybridized carbons (Fsp3) is 0.133. The van der Waals surface area contributed by atoms with Crippen molar-refractivity contribution >= 4 is 17.6 Å². The van der Waals surface area contributed by atoms with Crippen LogP contribution in [-0.4, -0.2) is 30.6 Å². The van der Waals surface area contributed by atoms with Crippen LogP contribution in [0.4, 0.5) is 5.69 Å². The van der Waals surface area contributed by atoms with Crippen molar-refractivity contribution in [2.75, 3.05) is 19.0 Å². The van der Waals surface area contributed by atoms with Crippen LogP contribution in [0.3, 0.4) is 0 Å². The number of hydrogen-bond acceptors (Lipinski definition) is 5. The van der Waals surface area contributed by atoms with E-state index in [0.717, 1.165) is 0 Å². The molecule has 7 heteroatoms. The van der Waals surface area contributed by atoms with Crippen LogP contribution < -0.4 is 15.6 Å². The molecule has 1 aromatic carbocycles. The Balaban J connectivity index is 1.91. The zero-order valence-electron chi connectivity index (χ0n) is 11.8. The van der Waals surface area contributed by atoms with Crippen LogP contribution in [0.1, 0.15) is 10.4 Å². The number of anilines is 1. The summed E-state index contributed by atoms with van der Waals surface area (Å²) in [5.41, 5.74) is -0.213. The summed E-state index contributed by atoms with van der Waals surface area (Å²) in [7, 11) is 1.51. The van der Waals surface area contributed by atoms with Gasteiger partial charge in [0.15, 0.2) is 6.61 Å². The second-order valence-electron chi connectivity index (χ2n) is 4.27. The predicted octanol–water partition coefficient (Wildman–Crippen LogP) is 1.18. The second-order valence-corrected chi connectivity index (χ2v) is 4.27. The van der Waals surface area contributed by atoms with Crippen molar-refractivity contribution in [2.24, 2.45) is 0 Å². The second kappa shape index (κ2) is 7.07. The summed E-state index contributed by atoms with van der Waals surface area (Å²) in [4.78, 5) is 37.1. The zero-order valence-corrected chi connectivity index (χ0v) is 11.8. The van der Waals surface area contributed by atoms with Crippen LogP contribution in [0.25, 0.3) is 0 Å². The third-order valence-corrected chi connectivity index (χ3v) is 2.73. The SMILES string of the molecule is COc1cccc(NC(=O)COC(=O)c2ccc[nH]c2=O)c1. The first kappa shape index (κ1) is 15.3. The molecule has 2 rings (SSSR count). The lowest BCUT2D eigenvalue weighted by Crippen LogP contribution is -2.24. The van der Waals surface area contributed by atoms with E-state index in [-0.39, 0.29) is 5.56 Å². The van der Waals surface area contributed by atoms with E-state index < -0.39 is 24.0 Å². The van der Waals surface area contributed by atoms with E-state index in [9.17, 15) is 14.4 Å². The van der Waals surface area contributed by atoms with E-state index in [1.807, 2.05) is 0 Å². The highest BCUT2D eigenvalue weighted by molar-refractivity contribution is 5.95. The van der Waals surface area contributed by atoms with Crippen LogP contribution >= 0.6 is 0 Å². The molecule has 22 heavy (non-hydrogen) atoms. The van der Waals surface area contributed by atoms with Crippen LogP contribution in [0.5, 0.6) is 5.75 Å². The van der Waals surface area contributed by atoms with Crippen molar-refractivity contribution < 1.29 is 19.1 Å². The molecule has 1 amide bonds. The van der Waals surface area contributed by atoms with E-state index in [1.54, 1.807) is 24.3 Å². The third-order valence-electron chi connectivity index (χ3n) is 2.73. The lowest BCUT2D eigenvalue weighted by molar-refractivity contribution is -0.119. The molecule has 0 spiro atoms. The number of amides is 1. The Hall–Kier alpha value is -3.09. The maximum atomic E-state index is 11.7. The molecule has 7 nitrogen and oxygen atoms in total. The average Bonchev–Trinajstić information content (AvgIpc) is 2.53. The molecule has 0 aliphatic heterocycles. The van der Waals surface area contributed by atoms with Crippen molar-refractivity contribution in [1.29, 1.82) is 0 Å². The molecule has 0 fully saturated rings. The number of H-pyrrole nitrogens is 1. The van der Waals surface area contributed by atoms with Gasteiger partial charge in [-0.15, -0.1) is 0 Å². The van der Waals surface area contributed by atoms with Gasteiger partial charge in [0.05, 0.1) is 7.11 Å². The van der Waals surface area contributed by atoms with Crippen molar-refractivity contribution in [1.82, 2.24) is 4.98 Å². The molecule has 1 heterocycles. The van der Waals surface area contributed by atoms with Gasteiger partial charge in [-0.3, -0.25) is 9.59 Å². The van der Waals surface area contributed by atoms with E-state index in [0.29, 0.717) is 11.4 Å². The number of esters is 1. The van der Waals surface area contributed by atoms with Crippen molar-refractivity contribution in [3.8, 4) is 5.75 Å². The number of pyridine rings is 1. The minimum Gasteiger partial charge on any atom is -0.497 e. The molecular formula is C15H14N2O5. The molecule has 0 saturated carbocycles. The topological polar surface area (TPSA) is 97.5 Å². The molecule has 0 aliphatic carbocycles. The Morgan fingerprint density at radius 1 is 1.23 bits per heavy atom. The van der Waals surface area contributed by atoms with Gasteiger partial charge in [-0.25, -0.2) is 4.79 Å². The number of rotatable bonds is 5. The Morgan fingerprint density at radius 2 is 2.05 bits per heavy atom. The smallest absolute Gasteiger partial charge is 0.344 e. The molecule has 2 N–H and O–H groups in total. The number of carbonyl (C=O) groups is 2. The summed E-state index contributed by atoms with van der Waals surface area (Å²) in [6, 6.07) is 9.56. The van der Waals surface area contributed by atoms with Crippen LogP contribution in [-0.2, 0) is 9.53 Å².